The fourth-order valence-electron chi connectivity index (χ4n) is 1.32. The number of nitrogens with one attached hydrogen (secondary N) is 1. The van der Waals surface area contributed by atoms with Crippen LogP contribution in [-0.4, -0.2) is 12.5 Å². The maximum Gasteiger partial charge on any atom is 0.254 e. The van der Waals surface area contributed by atoms with Crippen molar-refractivity contribution in [2.24, 2.45) is 11.3 Å². The van der Waals surface area contributed by atoms with Gasteiger partial charge in [-0.15, -0.1) is 0 Å². The molecule has 0 saturated heterocycles. The topological polar surface area (TPSA) is 55.1 Å². The third kappa shape index (κ3) is 3.45. The molecule has 0 heterocycles. The number of rotatable bonds is 4. The van der Waals surface area contributed by atoms with Gasteiger partial charge in [0.1, 0.15) is 5.82 Å². The number of carbonyl (C=O) groups is 1. The number of anilines is 1. The van der Waals surface area contributed by atoms with Crippen LogP contribution < -0.4 is 11.1 Å². The molecule has 0 fully saturated rings. The first kappa shape index (κ1) is 14.5. The van der Waals surface area contributed by atoms with Crippen LogP contribution in [0.4, 0.5) is 10.1 Å². The molecule has 1 aromatic carbocycles. The van der Waals surface area contributed by atoms with Gasteiger partial charge in [-0.05, 0) is 29.5 Å². The molecule has 0 atom stereocenters. The molecule has 1 aromatic rings. The maximum absolute atomic E-state index is 13.5. The van der Waals surface area contributed by atoms with E-state index in [1.165, 1.54) is 18.2 Å². The van der Waals surface area contributed by atoms with Crippen molar-refractivity contribution in [2.45, 2.75) is 27.7 Å². The molecule has 0 radical (unpaired) electrons. The van der Waals surface area contributed by atoms with Crippen LogP contribution in [0.3, 0.4) is 0 Å². The number of carbonyl (C=O) groups excluding carboxylic acids is 1. The zero-order valence-corrected chi connectivity index (χ0v) is 11.4. The van der Waals surface area contributed by atoms with Gasteiger partial charge in [0.15, 0.2) is 0 Å². The second-order valence-electron chi connectivity index (χ2n) is 5.57. The number of halogens is 1. The number of benzene rings is 1. The van der Waals surface area contributed by atoms with Crippen molar-refractivity contribution in [2.75, 3.05) is 12.3 Å². The summed E-state index contributed by atoms with van der Waals surface area (Å²) in [7, 11) is 0. The molecule has 0 spiro atoms. The molecule has 3 N–H and O–H groups in total. The largest absolute Gasteiger partial charge is 0.399 e. The Kier molecular flexibility index (Phi) is 4.33. The maximum atomic E-state index is 13.5. The Morgan fingerprint density at radius 1 is 1.44 bits per heavy atom. The van der Waals surface area contributed by atoms with Crippen molar-refractivity contribution >= 4 is 11.6 Å². The molecule has 100 valence electrons. The second kappa shape index (κ2) is 5.38. The van der Waals surface area contributed by atoms with Gasteiger partial charge < -0.3 is 11.1 Å². The van der Waals surface area contributed by atoms with E-state index < -0.39 is 11.7 Å². The second-order valence-corrected chi connectivity index (χ2v) is 5.57. The van der Waals surface area contributed by atoms with E-state index in [-0.39, 0.29) is 11.0 Å². The minimum Gasteiger partial charge on any atom is -0.399 e. The molecule has 3 nitrogen and oxygen atoms in total. The summed E-state index contributed by atoms with van der Waals surface area (Å²) >= 11 is 0. The highest BCUT2D eigenvalue weighted by Gasteiger charge is 2.23. The van der Waals surface area contributed by atoms with E-state index in [1.807, 2.05) is 0 Å². The van der Waals surface area contributed by atoms with Crippen LogP contribution >= 0.6 is 0 Å². The molecule has 18 heavy (non-hydrogen) atoms. The zero-order valence-electron chi connectivity index (χ0n) is 11.4. The van der Waals surface area contributed by atoms with Gasteiger partial charge in [0.2, 0.25) is 0 Å². The van der Waals surface area contributed by atoms with Crippen LogP contribution in [-0.2, 0) is 0 Å². The first-order chi connectivity index (χ1) is 8.24. The van der Waals surface area contributed by atoms with E-state index in [0.29, 0.717) is 18.2 Å². The van der Waals surface area contributed by atoms with E-state index in [2.05, 4.69) is 33.0 Å². The molecular formula is C14H21FN2O. The predicted molar refractivity (Wildman–Crippen MR) is 71.8 cm³/mol. The Bertz CT molecular complexity index is 441. The molecule has 1 amide bonds. The van der Waals surface area contributed by atoms with Gasteiger partial charge >= 0.3 is 0 Å². The summed E-state index contributed by atoms with van der Waals surface area (Å²) in [5.74, 6) is -0.555. The minimum absolute atomic E-state index is 0.00504. The fourth-order valence-corrected chi connectivity index (χ4v) is 1.32. The molecule has 1 rings (SSSR count). The number of hydrogen-bond acceptors (Lipinski definition) is 2. The van der Waals surface area contributed by atoms with Crippen molar-refractivity contribution in [1.82, 2.24) is 5.32 Å². The van der Waals surface area contributed by atoms with Crippen molar-refractivity contribution in [3.8, 4) is 0 Å². The summed E-state index contributed by atoms with van der Waals surface area (Å²) in [6.45, 7) is 8.81. The Hall–Kier alpha value is -1.58. The van der Waals surface area contributed by atoms with Crippen molar-refractivity contribution in [3.05, 3.63) is 29.6 Å². The Balaban J connectivity index is 2.75. The lowest BCUT2D eigenvalue weighted by molar-refractivity contribution is 0.0921. The van der Waals surface area contributed by atoms with Crippen LogP contribution in [0.25, 0.3) is 0 Å². The smallest absolute Gasteiger partial charge is 0.254 e. The van der Waals surface area contributed by atoms with Crippen LogP contribution in [0.2, 0.25) is 0 Å². The predicted octanol–water partition coefficient (Wildman–Crippen LogP) is 2.82. The average molecular weight is 252 g/mol. The van der Waals surface area contributed by atoms with Gasteiger partial charge in [-0.25, -0.2) is 4.39 Å². The van der Waals surface area contributed by atoms with Crippen molar-refractivity contribution in [1.29, 1.82) is 0 Å². The summed E-state index contributed by atoms with van der Waals surface area (Å²) in [6, 6.07) is 4.00. The summed E-state index contributed by atoms with van der Waals surface area (Å²) < 4.78 is 13.5. The third-order valence-corrected chi connectivity index (χ3v) is 3.50. The van der Waals surface area contributed by atoms with E-state index >= 15 is 0 Å². The molecular weight excluding hydrogens is 231 g/mol. The molecule has 0 bridgehead atoms. The standard InChI is InChI=1S/C14H21FN2O/c1-9(2)14(3,4)8-17-13(18)11-7-10(16)5-6-12(11)15/h5-7,9H,8,16H2,1-4H3,(H,17,18). The highest BCUT2D eigenvalue weighted by molar-refractivity contribution is 5.95. The SMILES string of the molecule is CC(C)C(C)(C)CNC(=O)c1cc(N)ccc1F. The van der Waals surface area contributed by atoms with Crippen LogP contribution in [0.1, 0.15) is 38.1 Å². The zero-order chi connectivity index (χ0) is 13.9. The normalized spacial score (nSPS) is 11.7. The van der Waals surface area contributed by atoms with E-state index in [1.54, 1.807) is 0 Å². The molecule has 0 aliphatic heterocycles. The van der Waals surface area contributed by atoms with Gasteiger partial charge in [0, 0.05) is 12.2 Å². The minimum atomic E-state index is -0.552. The number of amides is 1. The van der Waals surface area contributed by atoms with Gasteiger partial charge in [-0.2, -0.15) is 0 Å². The molecule has 0 aromatic heterocycles. The number of nitrogen functional groups attached to an aromatic ring is 1. The van der Waals surface area contributed by atoms with E-state index in [4.69, 9.17) is 5.73 Å². The monoisotopic (exact) mass is 252 g/mol. The van der Waals surface area contributed by atoms with Gasteiger partial charge in [0.05, 0.1) is 5.56 Å². The lowest BCUT2D eigenvalue weighted by Gasteiger charge is -2.29. The average Bonchev–Trinajstić information content (AvgIpc) is 2.29. The Labute approximate surface area is 108 Å². The Morgan fingerprint density at radius 2 is 2.06 bits per heavy atom. The Morgan fingerprint density at radius 3 is 2.61 bits per heavy atom. The van der Waals surface area contributed by atoms with Gasteiger partial charge in [-0.3, -0.25) is 4.79 Å². The van der Waals surface area contributed by atoms with Crippen LogP contribution in [0, 0.1) is 17.2 Å². The van der Waals surface area contributed by atoms with Gasteiger partial charge in [-0.1, -0.05) is 27.7 Å². The summed E-state index contributed by atoms with van der Waals surface area (Å²) in [6.07, 6.45) is 0. The summed E-state index contributed by atoms with van der Waals surface area (Å²) in [5.41, 5.74) is 5.89. The molecule has 0 saturated carbocycles. The summed E-state index contributed by atoms with van der Waals surface area (Å²) in [4.78, 5) is 11.9. The van der Waals surface area contributed by atoms with E-state index in [0.717, 1.165) is 0 Å². The quantitative estimate of drug-likeness (QED) is 0.810. The van der Waals surface area contributed by atoms with Gasteiger partial charge in [0.25, 0.3) is 5.91 Å². The number of hydrogen-bond donors (Lipinski definition) is 2. The lowest BCUT2D eigenvalue weighted by Crippen LogP contribution is -2.37. The first-order valence-electron chi connectivity index (χ1n) is 6.07. The highest BCUT2D eigenvalue weighted by atomic mass is 19.1. The molecule has 0 unspecified atom stereocenters. The fraction of sp³-hybridized carbons (Fsp3) is 0.500. The van der Waals surface area contributed by atoms with Crippen LogP contribution in [0.5, 0.6) is 0 Å². The molecule has 0 aliphatic rings. The number of nitrogens with two attached hydrogens (primary N) is 1. The van der Waals surface area contributed by atoms with Crippen LogP contribution in [0.15, 0.2) is 18.2 Å². The first-order valence-corrected chi connectivity index (χ1v) is 6.07. The highest BCUT2D eigenvalue weighted by Crippen LogP contribution is 2.24. The third-order valence-electron chi connectivity index (χ3n) is 3.50. The van der Waals surface area contributed by atoms with Crippen molar-refractivity contribution < 1.29 is 9.18 Å². The van der Waals surface area contributed by atoms with Crippen molar-refractivity contribution in [3.63, 3.8) is 0 Å². The molecule has 0 aliphatic carbocycles. The summed E-state index contributed by atoms with van der Waals surface area (Å²) in [5, 5.41) is 2.75. The lowest BCUT2D eigenvalue weighted by atomic mass is 9.81. The van der Waals surface area contributed by atoms with E-state index in [9.17, 15) is 9.18 Å². The molecule has 4 heteroatoms.